The Morgan fingerprint density at radius 1 is 1.12 bits per heavy atom. The number of fused-ring (bicyclic) bond motifs is 1. The van der Waals surface area contributed by atoms with E-state index in [2.05, 4.69) is 46.4 Å². The Morgan fingerprint density at radius 3 is 2.75 bits per heavy atom. The monoisotopic (exact) mass is 212 g/mol. The van der Waals surface area contributed by atoms with Crippen molar-refractivity contribution in [2.75, 3.05) is 5.73 Å². The highest BCUT2D eigenvalue weighted by Gasteiger charge is 2.05. The van der Waals surface area contributed by atoms with Crippen molar-refractivity contribution < 1.29 is 0 Å². The molecule has 2 heterocycles. The molecule has 3 rings (SSSR count). The van der Waals surface area contributed by atoms with E-state index in [0.29, 0.717) is 5.82 Å². The van der Waals surface area contributed by atoms with Crippen LogP contribution in [0.3, 0.4) is 0 Å². The number of nitrogens with zero attached hydrogens (tertiary/aromatic N) is 1. The molecule has 0 amide bonds. The lowest BCUT2D eigenvalue weighted by Gasteiger charge is -1.90. The normalized spacial score (nSPS) is 11.1. The first kappa shape index (κ1) is 9.03. The van der Waals surface area contributed by atoms with Crippen LogP contribution in [0.4, 0.5) is 5.82 Å². The summed E-state index contributed by atoms with van der Waals surface area (Å²) >= 11 is 0. The van der Waals surface area contributed by atoms with Gasteiger partial charge >= 0.3 is 0 Å². The Balaban J connectivity index is 2.18. The van der Waals surface area contributed by atoms with Crippen LogP contribution in [-0.2, 0) is 0 Å². The Bertz CT molecular complexity index is 648. The molecule has 0 fully saturated rings. The van der Waals surface area contributed by atoms with Gasteiger partial charge in [-0.15, -0.1) is 0 Å². The molecule has 0 saturated heterocycles. The van der Waals surface area contributed by atoms with Crippen molar-refractivity contribution in [2.24, 2.45) is 0 Å². The van der Waals surface area contributed by atoms with E-state index in [-0.39, 0.29) is 0 Å². The maximum Gasteiger partial charge on any atom is 0.145 e. The molecule has 0 radical (unpaired) electrons. The average Bonchev–Trinajstić information content (AvgIpc) is 2.83. The third kappa shape index (κ3) is 1.35. The molecule has 0 bridgehead atoms. The fourth-order valence-corrected chi connectivity index (χ4v) is 1.87. The van der Waals surface area contributed by atoms with Gasteiger partial charge in [-0.1, -0.05) is 11.6 Å². The van der Waals surface area contributed by atoms with E-state index in [1.807, 2.05) is 6.07 Å². The van der Waals surface area contributed by atoms with Gasteiger partial charge in [0.1, 0.15) is 5.82 Å². The number of H-pyrrole nitrogens is 2. The van der Waals surface area contributed by atoms with E-state index in [4.69, 9.17) is 5.73 Å². The molecule has 4 heteroatoms. The van der Waals surface area contributed by atoms with Gasteiger partial charge in [0, 0.05) is 17.0 Å². The minimum absolute atomic E-state index is 0.504. The number of aryl methyl sites for hydroxylation is 1. The van der Waals surface area contributed by atoms with Gasteiger partial charge in [0.05, 0.1) is 11.4 Å². The van der Waals surface area contributed by atoms with Gasteiger partial charge in [-0.3, -0.25) is 5.10 Å². The minimum atomic E-state index is 0.504. The molecule has 0 aliphatic rings. The molecule has 3 aromatic rings. The summed E-state index contributed by atoms with van der Waals surface area (Å²) in [6, 6.07) is 10.2. The van der Waals surface area contributed by atoms with Crippen molar-refractivity contribution in [3.63, 3.8) is 0 Å². The number of nitrogen functional groups attached to an aromatic ring is 1. The van der Waals surface area contributed by atoms with Crippen LogP contribution >= 0.6 is 0 Å². The SMILES string of the molecule is Cc1ccc2[nH]c(-c3cc(N)n[nH]3)cc2c1. The summed E-state index contributed by atoms with van der Waals surface area (Å²) in [6.07, 6.45) is 0. The highest BCUT2D eigenvalue weighted by atomic mass is 15.2. The molecule has 80 valence electrons. The number of benzene rings is 1. The standard InChI is InChI=1S/C12H12N4/c1-7-2-3-9-8(4-7)5-10(14-9)11-6-12(13)16-15-11/h2-6,14H,1H3,(H3,13,15,16). The van der Waals surface area contributed by atoms with Crippen molar-refractivity contribution in [1.82, 2.24) is 15.2 Å². The number of hydrogen-bond acceptors (Lipinski definition) is 2. The molecule has 16 heavy (non-hydrogen) atoms. The molecular weight excluding hydrogens is 200 g/mol. The number of nitrogens with one attached hydrogen (secondary N) is 2. The van der Waals surface area contributed by atoms with Crippen LogP contribution in [-0.4, -0.2) is 15.2 Å². The smallest absolute Gasteiger partial charge is 0.145 e. The second kappa shape index (κ2) is 3.13. The fourth-order valence-electron chi connectivity index (χ4n) is 1.87. The van der Waals surface area contributed by atoms with Crippen LogP contribution in [0.2, 0.25) is 0 Å². The van der Waals surface area contributed by atoms with Crippen molar-refractivity contribution in [3.05, 3.63) is 35.9 Å². The van der Waals surface area contributed by atoms with Crippen LogP contribution in [0.25, 0.3) is 22.3 Å². The first-order valence-electron chi connectivity index (χ1n) is 5.13. The summed E-state index contributed by atoms with van der Waals surface area (Å²) in [5.41, 5.74) is 9.86. The maximum atomic E-state index is 5.58. The Morgan fingerprint density at radius 2 is 2.00 bits per heavy atom. The van der Waals surface area contributed by atoms with Crippen molar-refractivity contribution in [1.29, 1.82) is 0 Å². The quantitative estimate of drug-likeness (QED) is 0.579. The molecule has 2 aromatic heterocycles. The number of aromatic amines is 2. The van der Waals surface area contributed by atoms with Gasteiger partial charge in [-0.05, 0) is 25.1 Å². The number of hydrogen-bond donors (Lipinski definition) is 3. The van der Waals surface area contributed by atoms with E-state index >= 15 is 0 Å². The molecule has 0 saturated carbocycles. The van der Waals surface area contributed by atoms with Gasteiger partial charge in [-0.25, -0.2) is 0 Å². The number of aromatic nitrogens is 3. The number of rotatable bonds is 1. The van der Waals surface area contributed by atoms with E-state index in [1.54, 1.807) is 0 Å². The summed E-state index contributed by atoms with van der Waals surface area (Å²) < 4.78 is 0. The van der Waals surface area contributed by atoms with Crippen molar-refractivity contribution in [3.8, 4) is 11.4 Å². The van der Waals surface area contributed by atoms with Crippen molar-refractivity contribution >= 4 is 16.7 Å². The van der Waals surface area contributed by atoms with Crippen LogP contribution in [0.5, 0.6) is 0 Å². The predicted molar refractivity (Wildman–Crippen MR) is 65.0 cm³/mol. The first-order chi connectivity index (χ1) is 7.72. The molecule has 4 N–H and O–H groups in total. The summed E-state index contributed by atoms with van der Waals surface area (Å²) in [6.45, 7) is 2.08. The zero-order valence-corrected chi connectivity index (χ0v) is 8.91. The summed E-state index contributed by atoms with van der Waals surface area (Å²) in [5, 5.41) is 8.00. The molecule has 0 spiro atoms. The molecule has 4 nitrogen and oxygen atoms in total. The van der Waals surface area contributed by atoms with Gasteiger partial charge in [0.25, 0.3) is 0 Å². The van der Waals surface area contributed by atoms with Crippen LogP contribution in [0.1, 0.15) is 5.56 Å². The maximum absolute atomic E-state index is 5.58. The van der Waals surface area contributed by atoms with E-state index in [1.165, 1.54) is 10.9 Å². The van der Waals surface area contributed by atoms with E-state index < -0.39 is 0 Å². The topological polar surface area (TPSA) is 70.5 Å². The molecule has 0 aliphatic heterocycles. The Kier molecular flexibility index (Phi) is 1.77. The van der Waals surface area contributed by atoms with E-state index in [0.717, 1.165) is 16.9 Å². The third-order valence-corrected chi connectivity index (χ3v) is 2.66. The second-order valence-corrected chi connectivity index (χ2v) is 3.98. The molecule has 0 aliphatic carbocycles. The third-order valence-electron chi connectivity index (χ3n) is 2.66. The van der Waals surface area contributed by atoms with Crippen LogP contribution < -0.4 is 5.73 Å². The van der Waals surface area contributed by atoms with E-state index in [9.17, 15) is 0 Å². The Labute approximate surface area is 92.5 Å². The lowest BCUT2D eigenvalue weighted by molar-refractivity contribution is 1.10. The van der Waals surface area contributed by atoms with Gasteiger partial charge in [0.2, 0.25) is 0 Å². The predicted octanol–water partition coefficient (Wildman–Crippen LogP) is 2.45. The Hall–Kier alpha value is -2.23. The zero-order chi connectivity index (χ0) is 11.1. The summed E-state index contributed by atoms with van der Waals surface area (Å²) in [7, 11) is 0. The minimum Gasteiger partial charge on any atom is -0.382 e. The second-order valence-electron chi connectivity index (χ2n) is 3.98. The van der Waals surface area contributed by atoms with Gasteiger partial charge in [0.15, 0.2) is 0 Å². The highest BCUT2D eigenvalue weighted by molar-refractivity contribution is 5.85. The zero-order valence-electron chi connectivity index (χ0n) is 8.91. The van der Waals surface area contributed by atoms with Gasteiger partial charge < -0.3 is 10.7 Å². The number of anilines is 1. The molecule has 0 unspecified atom stereocenters. The first-order valence-corrected chi connectivity index (χ1v) is 5.13. The van der Waals surface area contributed by atoms with Crippen LogP contribution in [0, 0.1) is 6.92 Å². The highest BCUT2D eigenvalue weighted by Crippen LogP contribution is 2.24. The van der Waals surface area contributed by atoms with Crippen LogP contribution in [0.15, 0.2) is 30.3 Å². The summed E-state index contributed by atoms with van der Waals surface area (Å²) in [4.78, 5) is 3.33. The molecule has 0 atom stereocenters. The lowest BCUT2D eigenvalue weighted by atomic mass is 10.2. The molecule has 1 aromatic carbocycles. The lowest BCUT2D eigenvalue weighted by Crippen LogP contribution is -1.81. The van der Waals surface area contributed by atoms with Gasteiger partial charge in [-0.2, -0.15) is 5.10 Å². The number of nitrogens with two attached hydrogens (primary N) is 1. The summed E-state index contributed by atoms with van der Waals surface area (Å²) in [5.74, 6) is 0.504. The molecular formula is C12H12N4. The average molecular weight is 212 g/mol. The largest absolute Gasteiger partial charge is 0.382 e. The van der Waals surface area contributed by atoms with Crippen molar-refractivity contribution in [2.45, 2.75) is 6.92 Å². The fraction of sp³-hybridized carbons (Fsp3) is 0.0833.